The largest absolute Gasteiger partial charge is 0.473 e. The van der Waals surface area contributed by atoms with E-state index in [-0.39, 0.29) is 5.56 Å². The van der Waals surface area contributed by atoms with Crippen molar-refractivity contribution < 1.29 is 19.8 Å². The van der Waals surface area contributed by atoms with Gasteiger partial charge in [-0.2, -0.15) is 0 Å². The summed E-state index contributed by atoms with van der Waals surface area (Å²) in [5.41, 5.74) is 0.745. The molecular weight excluding hydrogens is 350 g/mol. The molecule has 27 heavy (non-hydrogen) atoms. The van der Waals surface area contributed by atoms with Gasteiger partial charge in [-0.25, -0.2) is 14.6 Å². The number of carbonyl (C=O) groups is 2. The van der Waals surface area contributed by atoms with Gasteiger partial charge >= 0.3 is 11.9 Å². The number of aryl methyl sites for hydroxylation is 1. The summed E-state index contributed by atoms with van der Waals surface area (Å²) in [4.78, 5) is 37.5. The molecule has 1 aliphatic heterocycles. The fraction of sp³-hybridized carbons (Fsp3) is 0.368. The molecule has 1 aromatic heterocycles. The number of rotatable bonds is 2. The minimum atomic E-state index is -1.82. The molecule has 142 valence electrons. The monoisotopic (exact) mass is 371 g/mol. The lowest BCUT2D eigenvalue weighted by Gasteiger charge is -2.09. The Morgan fingerprint density at radius 2 is 1.67 bits per heavy atom. The first-order valence-electron chi connectivity index (χ1n) is 8.50. The molecule has 0 amide bonds. The average Bonchev–Trinajstić information content (AvgIpc) is 3.15. The van der Waals surface area contributed by atoms with Gasteiger partial charge < -0.3 is 10.2 Å². The molecule has 1 aliphatic rings. The number of likely N-dealkylation sites (tertiary alicyclic amines) is 1. The summed E-state index contributed by atoms with van der Waals surface area (Å²) in [6.45, 7) is 5.36. The Balaban J connectivity index is 0.000000380. The second kappa shape index (κ2) is 9.50. The predicted octanol–water partition coefficient (Wildman–Crippen LogP) is 0.960. The molecule has 2 aromatic rings. The van der Waals surface area contributed by atoms with E-state index in [1.54, 1.807) is 4.57 Å². The van der Waals surface area contributed by atoms with E-state index in [0.29, 0.717) is 17.8 Å². The molecule has 0 bridgehead atoms. The van der Waals surface area contributed by atoms with Crippen molar-refractivity contribution in [2.75, 3.05) is 19.6 Å². The fourth-order valence-electron chi connectivity index (χ4n) is 2.71. The van der Waals surface area contributed by atoms with Crippen LogP contribution in [0.4, 0.5) is 0 Å². The highest BCUT2D eigenvalue weighted by atomic mass is 16.4. The lowest BCUT2D eigenvalue weighted by Crippen LogP contribution is -2.23. The predicted molar refractivity (Wildman–Crippen MR) is 99.5 cm³/mol. The third-order valence-corrected chi connectivity index (χ3v) is 4.10. The van der Waals surface area contributed by atoms with Crippen LogP contribution in [0.5, 0.6) is 0 Å². The molecule has 2 N–H and O–H groups in total. The highest BCUT2D eigenvalue weighted by Crippen LogP contribution is 2.07. The summed E-state index contributed by atoms with van der Waals surface area (Å²) in [6, 6.07) is 7.45. The number of hydrogen-bond donors (Lipinski definition) is 2. The molecule has 0 spiro atoms. The van der Waals surface area contributed by atoms with Crippen molar-refractivity contribution in [2.45, 2.75) is 26.3 Å². The molecule has 8 nitrogen and oxygen atoms in total. The van der Waals surface area contributed by atoms with Crippen LogP contribution < -0.4 is 5.56 Å². The topological polar surface area (TPSA) is 113 Å². The summed E-state index contributed by atoms with van der Waals surface area (Å²) in [6.07, 6.45) is 2.55. The van der Waals surface area contributed by atoms with Gasteiger partial charge in [-0.05, 0) is 45.0 Å². The van der Waals surface area contributed by atoms with Crippen LogP contribution in [0.3, 0.4) is 0 Å². The molecular formula is C19H21N3O5. The second-order valence-corrected chi connectivity index (χ2v) is 6.01. The molecule has 1 fully saturated rings. The zero-order valence-corrected chi connectivity index (χ0v) is 15.0. The summed E-state index contributed by atoms with van der Waals surface area (Å²) in [5, 5.41) is 15.4. The summed E-state index contributed by atoms with van der Waals surface area (Å²) in [5.74, 6) is 3.34. The quantitative estimate of drug-likeness (QED) is 0.597. The molecule has 3 rings (SSSR count). The highest BCUT2D eigenvalue weighted by molar-refractivity contribution is 6.27. The number of fused-ring (bicyclic) bond motifs is 1. The van der Waals surface area contributed by atoms with Crippen molar-refractivity contribution >= 4 is 22.8 Å². The maximum Gasteiger partial charge on any atom is 0.414 e. The number of para-hydroxylation sites is 1. The standard InChI is InChI=1S/C17H19N3O.C2H2O4/c1-14-18-16-9-3-2-8-15(16)17(21)20(14)13-7-6-12-19-10-4-5-11-19;3-1(4)2(5)6/h2-3,8-9H,4-5,10-13H2,1H3;(H,3,4)(H,5,6). The van der Waals surface area contributed by atoms with Crippen LogP contribution in [-0.2, 0) is 16.1 Å². The summed E-state index contributed by atoms with van der Waals surface area (Å²) >= 11 is 0. The molecule has 1 saturated heterocycles. The van der Waals surface area contributed by atoms with E-state index in [1.165, 1.54) is 12.8 Å². The van der Waals surface area contributed by atoms with E-state index in [2.05, 4.69) is 21.7 Å². The lowest BCUT2D eigenvalue weighted by atomic mass is 10.2. The molecule has 8 heteroatoms. The minimum absolute atomic E-state index is 0.00595. The Labute approximate surface area is 156 Å². The second-order valence-electron chi connectivity index (χ2n) is 6.01. The van der Waals surface area contributed by atoms with Crippen LogP contribution in [0.25, 0.3) is 10.9 Å². The van der Waals surface area contributed by atoms with Crippen LogP contribution in [0.15, 0.2) is 29.1 Å². The molecule has 0 unspecified atom stereocenters. The summed E-state index contributed by atoms with van der Waals surface area (Å²) < 4.78 is 1.65. The van der Waals surface area contributed by atoms with Crippen molar-refractivity contribution in [3.05, 3.63) is 40.4 Å². The molecule has 0 atom stereocenters. The first-order chi connectivity index (χ1) is 12.9. The number of carboxylic acid groups (broad SMARTS) is 2. The highest BCUT2D eigenvalue weighted by Gasteiger charge is 2.09. The van der Waals surface area contributed by atoms with E-state index in [0.717, 1.165) is 25.2 Å². The number of nitrogens with zero attached hydrogens (tertiary/aromatic N) is 3. The van der Waals surface area contributed by atoms with E-state index >= 15 is 0 Å². The first kappa shape index (κ1) is 20.1. The number of hydrogen-bond acceptors (Lipinski definition) is 5. The Bertz CT molecular complexity index is 937. The van der Waals surface area contributed by atoms with Crippen LogP contribution in [0.1, 0.15) is 18.7 Å². The molecule has 0 saturated carbocycles. The van der Waals surface area contributed by atoms with Crippen LogP contribution >= 0.6 is 0 Å². The molecule has 1 aromatic carbocycles. The van der Waals surface area contributed by atoms with Crippen molar-refractivity contribution in [2.24, 2.45) is 0 Å². The molecule has 2 heterocycles. The normalized spacial score (nSPS) is 13.4. The van der Waals surface area contributed by atoms with Crippen molar-refractivity contribution in [3.8, 4) is 11.8 Å². The van der Waals surface area contributed by atoms with E-state index < -0.39 is 11.9 Å². The van der Waals surface area contributed by atoms with Gasteiger partial charge in [-0.15, -0.1) is 0 Å². The van der Waals surface area contributed by atoms with Gasteiger partial charge in [-0.1, -0.05) is 24.0 Å². The van der Waals surface area contributed by atoms with Crippen molar-refractivity contribution in [1.82, 2.24) is 14.5 Å². The lowest BCUT2D eigenvalue weighted by molar-refractivity contribution is -0.159. The van der Waals surface area contributed by atoms with Gasteiger partial charge in [0, 0.05) is 0 Å². The van der Waals surface area contributed by atoms with Gasteiger partial charge in [0.1, 0.15) is 5.82 Å². The van der Waals surface area contributed by atoms with Crippen molar-refractivity contribution in [1.29, 1.82) is 0 Å². The number of aliphatic carboxylic acids is 2. The van der Waals surface area contributed by atoms with Gasteiger partial charge in [0.15, 0.2) is 0 Å². The Kier molecular flexibility index (Phi) is 7.08. The van der Waals surface area contributed by atoms with Crippen LogP contribution in [-0.4, -0.2) is 56.2 Å². The molecule has 0 radical (unpaired) electrons. The minimum Gasteiger partial charge on any atom is -0.473 e. The van der Waals surface area contributed by atoms with E-state index in [1.807, 2.05) is 31.2 Å². The number of aromatic nitrogens is 2. The SMILES string of the molecule is Cc1nc2ccccc2c(=O)n1CC#CCN1CCCC1.O=C(O)C(=O)O. The maximum atomic E-state index is 12.4. The van der Waals surface area contributed by atoms with Crippen molar-refractivity contribution in [3.63, 3.8) is 0 Å². The van der Waals surface area contributed by atoms with Crippen LogP contribution in [0, 0.1) is 18.8 Å². The Hall–Kier alpha value is -3.18. The average molecular weight is 371 g/mol. The van der Waals surface area contributed by atoms with Gasteiger partial charge in [0.25, 0.3) is 5.56 Å². The van der Waals surface area contributed by atoms with E-state index in [9.17, 15) is 4.79 Å². The third kappa shape index (κ3) is 5.66. The third-order valence-electron chi connectivity index (χ3n) is 4.10. The number of carboxylic acids is 2. The zero-order chi connectivity index (χ0) is 19.8. The van der Waals surface area contributed by atoms with Crippen LogP contribution in [0.2, 0.25) is 0 Å². The smallest absolute Gasteiger partial charge is 0.414 e. The molecule has 0 aliphatic carbocycles. The Morgan fingerprint density at radius 1 is 1.07 bits per heavy atom. The number of benzene rings is 1. The maximum absolute atomic E-state index is 12.4. The van der Waals surface area contributed by atoms with Gasteiger partial charge in [0.05, 0.1) is 24.0 Å². The zero-order valence-electron chi connectivity index (χ0n) is 15.0. The Morgan fingerprint density at radius 3 is 2.30 bits per heavy atom. The van der Waals surface area contributed by atoms with Gasteiger partial charge in [-0.3, -0.25) is 14.3 Å². The first-order valence-corrected chi connectivity index (χ1v) is 8.50. The summed E-state index contributed by atoms with van der Waals surface area (Å²) in [7, 11) is 0. The van der Waals surface area contributed by atoms with Gasteiger partial charge in [0.2, 0.25) is 0 Å². The van der Waals surface area contributed by atoms with E-state index in [4.69, 9.17) is 19.8 Å². The fourth-order valence-corrected chi connectivity index (χ4v) is 2.71.